The van der Waals surface area contributed by atoms with Crippen LogP contribution in [0.5, 0.6) is 0 Å². The summed E-state index contributed by atoms with van der Waals surface area (Å²) in [5.74, 6) is -3.08. The average Bonchev–Trinajstić information content (AvgIpc) is 2.38. The summed E-state index contributed by atoms with van der Waals surface area (Å²) >= 11 is 0. The van der Waals surface area contributed by atoms with Gasteiger partial charge in [0.1, 0.15) is 12.1 Å². The summed E-state index contributed by atoms with van der Waals surface area (Å²) < 4.78 is 0. The van der Waals surface area contributed by atoms with Gasteiger partial charge < -0.3 is 32.3 Å². The Labute approximate surface area is 121 Å². The van der Waals surface area contributed by atoms with E-state index in [0.717, 1.165) is 0 Å². The van der Waals surface area contributed by atoms with Gasteiger partial charge in [0, 0.05) is 13.0 Å². The normalized spacial score (nSPS) is 13.0. The van der Waals surface area contributed by atoms with Crippen LogP contribution in [0.3, 0.4) is 0 Å². The number of carboxylic acids is 2. The third-order valence-electron chi connectivity index (χ3n) is 2.62. The topological polar surface area (TPSA) is 192 Å². The molecule has 10 nitrogen and oxygen atoms in total. The zero-order chi connectivity index (χ0) is 16.4. The van der Waals surface area contributed by atoms with E-state index in [4.69, 9.17) is 27.1 Å². The van der Waals surface area contributed by atoms with Crippen LogP contribution in [0, 0.1) is 5.41 Å². The second kappa shape index (κ2) is 9.53. The van der Waals surface area contributed by atoms with Gasteiger partial charge in [-0.1, -0.05) is 0 Å². The Morgan fingerprint density at radius 2 is 1.76 bits per heavy atom. The molecule has 0 radical (unpaired) electrons. The predicted molar refractivity (Wildman–Crippen MR) is 73.6 cm³/mol. The van der Waals surface area contributed by atoms with Crippen molar-refractivity contribution in [3.05, 3.63) is 0 Å². The number of guanidine groups is 1. The van der Waals surface area contributed by atoms with Gasteiger partial charge in [0.15, 0.2) is 5.96 Å². The molecule has 0 aromatic rings. The summed E-state index contributed by atoms with van der Waals surface area (Å²) in [6.07, 6.45) is 0.574. The molecule has 0 aromatic carbocycles. The lowest BCUT2D eigenvalue weighted by Crippen LogP contribution is -2.44. The maximum atomic E-state index is 11.4. The van der Waals surface area contributed by atoms with Crippen LogP contribution in [0.15, 0.2) is 0 Å². The molecule has 0 aliphatic carbocycles. The molecule has 0 heterocycles. The van der Waals surface area contributed by atoms with Crippen molar-refractivity contribution in [2.45, 2.75) is 37.8 Å². The van der Waals surface area contributed by atoms with Crippen molar-refractivity contribution in [3.8, 4) is 0 Å². The van der Waals surface area contributed by atoms with Gasteiger partial charge in [-0.05, 0) is 19.3 Å². The summed E-state index contributed by atoms with van der Waals surface area (Å²) in [5, 5.41) is 29.2. The zero-order valence-corrected chi connectivity index (χ0v) is 11.5. The first-order valence-corrected chi connectivity index (χ1v) is 6.32. The van der Waals surface area contributed by atoms with E-state index in [2.05, 4.69) is 10.6 Å². The molecular formula is C11H21N5O5. The van der Waals surface area contributed by atoms with E-state index < -0.39 is 30.0 Å². The molecular weight excluding hydrogens is 282 g/mol. The maximum Gasteiger partial charge on any atom is 0.326 e. The van der Waals surface area contributed by atoms with E-state index in [1.807, 2.05) is 0 Å². The average molecular weight is 303 g/mol. The summed E-state index contributed by atoms with van der Waals surface area (Å²) in [6.45, 7) is 0.241. The monoisotopic (exact) mass is 303 g/mol. The van der Waals surface area contributed by atoms with E-state index >= 15 is 0 Å². The van der Waals surface area contributed by atoms with Gasteiger partial charge in [-0.2, -0.15) is 0 Å². The smallest absolute Gasteiger partial charge is 0.326 e. The first-order chi connectivity index (χ1) is 9.73. The first kappa shape index (κ1) is 18.6. The van der Waals surface area contributed by atoms with Gasteiger partial charge in [-0.15, -0.1) is 0 Å². The Balaban J connectivity index is 3.87. The molecule has 21 heavy (non-hydrogen) atoms. The lowest BCUT2D eigenvalue weighted by molar-refractivity contribution is -0.140. The van der Waals surface area contributed by atoms with Gasteiger partial charge in [0.2, 0.25) is 5.91 Å². The van der Waals surface area contributed by atoms with Gasteiger partial charge in [-0.25, -0.2) is 4.79 Å². The van der Waals surface area contributed by atoms with Crippen LogP contribution in [0.2, 0.25) is 0 Å². The summed E-state index contributed by atoms with van der Waals surface area (Å²) in [7, 11) is 0. The number of hydrogen-bond acceptors (Lipinski definition) is 5. The highest BCUT2D eigenvalue weighted by molar-refractivity contribution is 5.82. The number of carboxylic acid groups (broad SMARTS) is 2. The van der Waals surface area contributed by atoms with Gasteiger partial charge >= 0.3 is 11.9 Å². The van der Waals surface area contributed by atoms with Crippen molar-refractivity contribution < 1.29 is 24.6 Å². The summed E-state index contributed by atoms with van der Waals surface area (Å²) in [5.41, 5.74) is 10.3. The molecule has 0 spiro atoms. The Bertz CT molecular complexity index is 400. The molecule has 120 valence electrons. The second-order valence-electron chi connectivity index (χ2n) is 4.42. The Kier molecular flexibility index (Phi) is 8.46. The molecule has 1 amide bonds. The summed E-state index contributed by atoms with van der Waals surface area (Å²) in [6, 6.07) is -2.06. The second-order valence-corrected chi connectivity index (χ2v) is 4.42. The SMILES string of the molecule is N=C(N)N[C@@H](CCCNC(=O)CC[C@H](N)C(=O)O)C(=O)O. The third-order valence-corrected chi connectivity index (χ3v) is 2.62. The molecule has 0 fully saturated rings. The van der Waals surface area contributed by atoms with E-state index in [0.29, 0.717) is 6.42 Å². The molecule has 0 aliphatic rings. The Morgan fingerprint density at radius 3 is 2.24 bits per heavy atom. The molecule has 9 N–H and O–H groups in total. The fourth-order valence-electron chi connectivity index (χ4n) is 1.48. The number of nitrogens with one attached hydrogen (secondary N) is 3. The van der Waals surface area contributed by atoms with Crippen LogP contribution < -0.4 is 22.1 Å². The Hall–Kier alpha value is -2.36. The van der Waals surface area contributed by atoms with E-state index in [-0.39, 0.29) is 31.7 Å². The standard InChI is InChI=1S/C11H21N5O5/c12-6(9(18)19)3-4-8(17)15-5-1-2-7(10(20)21)16-11(13)14/h6-7H,1-5,12H2,(H,15,17)(H,18,19)(H,20,21)(H4,13,14,16)/t6-,7-/m0/s1. The lowest BCUT2D eigenvalue weighted by Gasteiger charge is -2.14. The fourth-order valence-corrected chi connectivity index (χ4v) is 1.48. The summed E-state index contributed by atoms with van der Waals surface area (Å²) in [4.78, 5) is 32.7. The molecule has 0 unspecified atom stereocenters. The number of nitrogens with two attached hydrogens (primary N) is 2. The lowest BCUT2D eigenvalue weighted by atomic mass is 10.1. The van der Waals surface area contributed by atoms with Crippen molar-refractivity contribution in [1.82, 2.24) is 10.6 Å². The molecule has 0 saturated heterocycles. The zero-order valence-electron chi connectivity index (χ0n) is 11.5. The van der Waals surface area contributed by atoms with Crippen molar-refractivity contribution in [3.63, 3.8) is 0 Å². The third kappa shape index (κ3) is 9.21. The Morgan fingerprint density at radius 1 is 1.14 bits per heavy atom. The highest BCUT2D eigenvalue weighted by Crippen LogP contribution is 1.98. The van der Waals surface area contributed by atoms with Crippen LogP contribution >= 0.6 is 0 Å². The molecule has 0 aliphatic heterocycles. The van der Waals surface area contributed by atoms with Crippen molar-refractivity contribution >= 4 is 23.8 Å². The van der Waals surface area contributed by atoms with Crippen molar-refractivity contribution in [1.29, 1.82) is 5.41 Å². The number of aliphatic carboxylic acids is 2. The molecule has 10 heteroatoms. The minimum absolute atomic E-state index is 0.0124. The van der Waals surface area contributed by atoms with Crippen LogP contribution in [0.1, 0.15) is 25.7 Å². The minimum atomic E-state index is -1.16. The van der Waals surface area contributed by atoms with Gasteiger partial charge in [0.25, 0.3) is 0 Å². The minimum Gasteiger partial charge on any atom is -0.480 e. The van der Waals surface area contributed by atoms with Crippen LogP contribution in [0.25, 0.3) is 0 Å². The highest BCUT2D eigenvalue weighted by atomic mass is 16.4. The molecule has 0 bridgehead atoms. The quantitative estimate of drug-likeness (QED) is 0.137. The molecule has 0 aromatic heterocycles. The molecule has 0 saturated carbocycles. The van der Waals surface area contributed by atoms with E-state index in [1.165, 1.54) is 0 Å². The number of carbonyl (C=O) groups is 3. The number of rotatable bonds is 10. The fraction of sp³-hybridized carbons (Fsp3) is 0.636. The first-order valence-electron chi connectivity index (χ1n) is 6.32. The molecule has 0 rings (SSSR count). The van der Waals surface area contributed by atoms with Crippen molar-refractivity contribution in [2.24, 2.45) is 11.5 Å². The number of carbonyl (C=O) groups excluding carboxylic acids is 1. The molecule has 2 atom stereocenters. The van der Waals surface area contributed by atoms with Gasteiger partial charge in [-0.3, -0.25) is 15.0 Å². The largest absolute Gasteiger partial charge is 0.480 e. The van der Waals surface area contributed by atoms with Crippen LogP contribution in [-0.2, 0) is 14.4 Å². The number of hydrogen-bond donors (Lipinski definition) is 7. The van der Waals surface area contributed by atoms with E-state index in [9.17, 15) is 14.4 Å². The highest BCUT2D eigenvalue weighted by Gasteiger charge is 2.17. The predicted octanol–water partition coefficient (Wildman–Crippen LogP) is -1.99. The van der Waals surface area contributed by atoms with Crippen LogP contribution in [0.4, 0.5) is 0 Å². The van der Waals surface area contributed by atoms with Gasteiger partial charge in [0.05, 0.1) is 0 Å². The maximum absolute atomic E-state index is 11.4. The van der Waals surface area contributed by atoms with Crippen LogP contribution in [-0.4, -0.2) is 52.6 Å². The van der Waals surface area contributed by atoms with Crippen molar-refractivity contribution in [2.75, 3.05) is 6.54 Å². The number of amides is 1. The van der Waals surface area contributed by atoms with E-state index in [1.54, 1.807) is 0 Å².